The number of hydrogen-bond acceptors (Lipinski definition) is 4. The van der Waals surface area contributed by atoms with Gasteiger partial charge in [0.2, 0.25) is 11.5 Å². The summed E-state index contributed by atoms with van der Waals surface area (Å²) in [7, 11) is 0. The predicted octanol–water partition coefficient (Wildman–Crippen LogP) is 1.86. The van der Waals surface area contributed by atoms with Gasteiger partial charge in [-0.3, -0.25) is 9.59 Å². The Kier molecular flexibility index (Phi) is 3.36. The van der Waals surface area contributed by atoms with Crippen LogP contribution in [0.5, 0.6) is 0 Å². The molecule has 1 saturated heterocycles. The largest absolute Gasteiger partial charge is 0.410 e. The van der Waals surface area contributed by atoms with Crippen LogP contribution in [-0.2, 0) is 9.59 Å². The number of nitrogens with one attached hydrogen (secondary N) is 1. The van der Waals surface area contributed by atoms with Gasteiger partial charge in [0.25, 0.3) is 5.91 Å². The van der Waals surface area contributed by atoms with Crippen molar-refractivity contribution in [2.75, 3.05) is 0 Å². The summed E-state index contributed by atoms with van der Waals surface area (Å²) < 4.78 is 0. The van der Waals surface area contributed by atoms with Gasteiger partial charge < -0.3 is 10.5 Å². The average Bonchev–Trinajstić information content (AvgIpc) is 2.58. The highest BCUT2D eigenvalue weighted by molar-refractivity contribution is 6.72. The second kappa shape index (κ2) is 4.80. The number of amides is 1. The summed E-state index contributed by atoms with van der Waals surface area (Å²) in [6.45, 7) is 0. The fourth-order valence-electron chi connectivity index (χ4n) is 1.44. The van der Waals surface area contributed by atoms with Gasteiger partial charge in [-0.2, -0.15) is 0 Å². The van der Waals surface area contributed by atoms with E-state index in [-0.39, 0.29) is 5.70 Å². The van der Waals surface area contributed by atoms with Gasteiger partial charge in [-0.15, -0.1) is 0 Å². The molecule has 5 nitrogen and oxygen atoms in total. The first-order chi connectivity index (χ1) is 8.52. The number of nitrogens with zero attached hydrogens (tertiary/aromatic N) is 1. The Bertz CT molecular complexity index is 608. The lowest BCUT2D eigenvalue weighted by Crippen LogP contribution is -2.19. The van der Waals surface area contributed by atoms with Gasteiger partial charge >= 0.3 is 0 Å². The maximum absolute atomic E-state index is 11.6. The molecule has 92 valence electrons. The van der Waals surface area contributed by atoms with Gasteiger partial charge in [-0.25, -0.2) is 0 Å². The van der Waals surface area contributed by atoms with Gasteiger partial charge in [0.1, 0.15) is 0 Å². The van der Waals surface area contributed by atoms with Crippen molar-refractivity contribution >= 4 is 46.7 Å². The second-order valence-electron chi connectivity index (χ2n) is 3.46. The number of carbonyl (C=O) groups excluding carboxylic acids is 2. The summed E-state index contributed by atoms with van der Waals surface area (Å²) in [6, 6.07) is 4.71. The highest BCUT2D eigenvalue weighted by Gasteiger charge is 2.33. The zero-order valence-electron chi connectivity index (χ0n) is 8.78. The Hall–Kier alpha value is -1.85. The van der Waals surface area contributed by atoms with Crippen LogP contribution in [0, 0.1) is 0 Å². The lowest BCUT2D eigenvalue weighted by molar-refractivity contribution is -0.113. The maximum Gasteiger partial charge on any atom is 0.281 e. The normalized spacial score (nSPS) is 19.7. The van der Waals surface area contributed by atoms with Crippen LogP contribution in [0.3, 0.4) is 0 Å². The number of halogens is 2. The molecule has 1 aromatic carbocycles. The molecule has 1 heterocycles. The molecule has 0 aliphatic carbocycles. The van der Waals surface area contributed by atoms with Gasteiger partial charge in [-0.1, -0.05) is 34.4 Å². The zero-order chi connectivity index (χ0) is 13.3. The number of benzene rings is 1. The summed E-state index contributed by atoms with van der Waals surface area (Å²) in [5.74, 6) is -1.44. The minimum atomic E-state index is -0.751. The van der Waals surface area contributed by atoms with Crippen LogP contribution in [0.4, 0.5) is 0 Å². The third-order valence-electron chi connectivity index (χ3n) is 2.29. The summed E-state index contributed by atoms with van der Waals surface area (Å²) in [5, 5.41) is 14.2. The number of carbonyl (C=O) groups is 2. The van der Waals surface area contributed by atoms with Crippen LogP contribution in [0.25, 0.3) is 6.08 Å². The molecule has 1 aromatic rings. The molecule has 1 amide bonds. The van der Waals surface area contributed by atoms with Gasteiger partial charge in [0.15, 0.2) is 0 Å². The molecular formula is C11H6Cl2N2O3. The Morgan fingerprint density at radius 3 is 2.56 bits per heavy atom. The number of allylic oxidation sites excluding steroid dienone is 1. The molecule has 2 N–H and O–H groups in total. The lowest BCUT2D eigenvalue weighted by atomic mass is 10.1. The molecule has 0 saturated carbocycles. The van der Waals surface area contributed by atoms with Crippen molar-refractivity contribution in [3.05, 3.63) is 39.5 Å². The Balaban J connectivity index is 2.41. The number of hydrogen-bond donors (Lipinski definition) is 2. The van der Waals surface area contributed by atoms with Crippen molar-refractivity contribution in [1.82, 2.24) is 5.32 Å². The van der Waals surface area contributed by atoms with Crippen molar-refractivity contribution in [3.63, 3.8) is 0 Å². The fraction of sp³-hybridized carbons (Fsp3) is 0. The van der Waals surface area contributed by atoms with Gasteiger partial charge in [0, 0.05) is 10.0 Å². The van der Waals surface area contributed by atoms with E-state index in [1.807, 2.05) is 0 Å². The van der Waals surface area contributed by atoms with Gasteiger partial charge in [0.05, 0.1) is 5.70 Å². The molecule has 0 radical (unpaired) electrons. The Labute approximate surface area is 112 Å². The standard InChI is InChI=1S/C11H6Cl2N2O3/c12-6-2-1-5(7(13)4-6)3-8-10(16)9(15-18)11(17)14-8/h1-4,18H,(H,14,17)/b8-3+,15-9-. The van der Waals surface area contributed by atoms with E-state index in [2.05, 4.69) is 10.5 Å². The molecule has 0 aromatic heterocycles. The minimum absolute atomic E-state index is 0.00276. The predicted molar refractivity (Wildman–Crippen MR) is 66.8 cm³/mol. The summed E-state index contributed by atoms with van der Waals surface area (Å²) >= 11 is 11.7. The lowest BCUT2D eigenvalue weighted by Gasteiger charge is -2.00. The van der Waals surface area contributed by atoms with Crippen molar-refractivity contribution in [3.8, 4) is 0 Å². The maximum atomic E-state index is 11.6. The highest BCUT2D eigenvalue weighted by Crippen LogP contribution is 2.23. The van der Waals surface area contributed by atoms with Crippen LogP contribution in [0.2, 0.25) is 10.0 Å². The molecule has 18 heavy (non-hydrogen) atoms. The molecule has 0 spiro atoms. The molecule has 0 atom stereocenters. The number of Topliss-reactive ketones (excluding diaryl/α,β-unsaturated/α-hetero) is 1. The van der Waals surface area contributed by atoms with Crippen molar-refractivity contribution in [2.24, 2.45) is 5.16 Å². The Morgan fingerprint density at radius 2 is 2.00 bits per heavy atom. The quantitative estimate of drug-likeness (QED) is 0.469. The van der Waals surface area contributed by atoms with Crippen LogP contribution in [-0.4, -0.2) is 22.6 Å². The van der Waals surface area contributed by atoms with Crippen LogP contribution < -0.4 is 5.32 Å². The van der Waals surface area contributed by atoms with E-state index in [4.69, 9.17) is 28.4 Å². The van der Waals surface area contributed by atoms with Crippen LogP contribution >= 0.6 is 23.2 Å². The first-order valence-electron chi connectivity index (χ1n) is 4.78. The highest BCUT2D eigenvalue weighted by atomic mass is 35.5. The third-order valence-corrected chi connectivity index (χ3v) is 2.85. The summed E-state index contributed by atoms with van der Waals surface area (Å²) in [4.78, 5) is 22.9. The van der Waals surface area contributed by atoms with Gasteiger partial charge in [-0.05, 0) is 23.8 Å². The van der Waals surface area contributed by atoms with Crippen molar-refractivity contribution < 1.29 is 14.8 Å². The van der Waals surface area contributed by atoms with Crippen molar-refractivity contribution in [2.45, 2.75) is 0 Å². The van der Waals surface area contributed by atoms with E-state index >= 15 is 0 Å². The summed E-state index contributed by atoms with van der Waals surface area (Å²) in [5.41, 5.74) is -0.0349. The van der Waals surface area contributed by atoms with E-state index in [1.165, 1.54) is 12.1 Å². The third kappa shape index (κ3) is 2.23. The van der Waals surface area contributed by atoms with E-state index in [9.17, 15) is 9.59 Å². The second-order valence-corrected chi connectivity index (χ2v) is 4.30. The molecule has 0 bridgehead atoms. The molecule has 0 unspecified atom stereocenters. The topological polar surface area (TPSA) is 78.8 Å². The van der Waals surface area contributed by atoms with E-state index in [1.54, 1.807) is 12.1 Å². The molecular weight excluding hydrogens is 279 g/mol. The zero-order valence-corrected chi connectivity index (χ0v) is 10.3. The SMILES string of the molecule is O=C1N/C(=C/c2ccc(Cl)cc2Cl)C(=O)/C1=N/O. The average molecular weight is 285 g/mol. The monoisotopic (exact) mass is 284 g/mol. The first-order valence-corrected chi connectivity index (χ1v) is 5.53. The van der Waals surface area contributed by atoms with E-state index < -0.39 is 17.4 Å². The molecule has 1 aliphatic heterocycles. The number of oxime groups is 1. The first kappa shape index (κ1) is 12.6. The molecule has 1 fully saturated rings. The van der Waals surface area contributed by atoms with Crippen LogP contribution in [0.1, 0.15) is 5.56 Å². The van der Waals surface area contributed by atoms with E-state index in [0.29, 0.717) is 15.6 Å². The smallest absolute Gasteiger partial charge is 0.281 e. The summed E-state index contributed by atoms with van der Waals surface area (Å²) in [6.07, 6.45) is 1.39. The molecule has 7 heteroatoms. The number of rotatable bonds is 1. The molecule has 2 rings (SSSR count). The minimum Gasteiger partial charge on any atom is -0.410 e. The van der Waals surface area contributed by atoms with Crippen LogP contribution in [0.15, 0.2) is 29.1 Å². The number of ketones is 1. The fourth-order valence-corrected chi connectivity index (χ4v) is 1.90. The van der Waals surface area contributed by atoms with E-state index in [0.717, 1.165) is 0 Å². The molecule has 1 aliphatic rings. The van der Waals surface area contributed by atoms with Crippen molar-refractivity contribution in [1.29, 1.82) is 0 Å². The Morgan fingerprint density at radius 1 is 1.28 bits per heavy atom.